The van der Waals surface area contributed by atoms with Crippen molar-refractivity contribution >= 4 is 34.0 Å². The third kappa shape index (κ3) is 4.60. The van der Waals surface area contributed by atoms with E-state index in [0.29, 0.717) is 5.69 Å². The first-order valence-electron chi connectivity index (χ1n) is 10.0. The minimum atomic E-state index is -5.31. The van der Waals surface area contributed by atoms with Gasteiger partial charge in [-0.3, -0.25) is 4.79 Å². The minimum absolute atomic E-state index is 0.0621. The number of hydrogen-bond acceptors (Lipinski definition) is 6. The summed E-state index contributed by atoms with van der Waals surface area (Å²) >= 11 is 6.30. The number of carbonyl (C=O) groups excluding carboxylic acids is 1. The predicted molar refractivity (Wildman–Crippen MR) is 120 cm³/mol. The number of aryl methyl sites for hydroxylation is 1. The largest absolute Gasteiger partial charge is 0.495 e. The van der Waals surface area contributed by atoms with Crippen molar-refractivity contribution in [1.82, 2.24) is 5.16 Å². The zero-order chi connectivity index (χ0) is 25.5. The second-order valence-electron chi connectivity index (χ2n) is 8.51. The number of nitrogens with one attached hydrogen (secondary N) is 1. The van der Waals surface area contributed by atoms with E-state index in [1.165, 1.54) is 52.1 Å². The second-order valence-corrected chi connectivity index (χ2v) is 8.89. The number of carbonyl (C=O) groups is 1. The highest BCUT2D eigenvalue weighted by Crippen LogP contribution is 2.45. The number of alkyl halides is 3. The molecule has 1 atom stereocenters. The van der Waals surface area contributed by atoms with E-state index in [4.69, 9.17) is 16.3 Å². The SMILES string of the molecule is COc1cccc(C(C)(C)CC(O)(C(=O)Nc2ccc3c(=O)onc(C)c3c2)C(F)(F)F)c1Cl. The zero-order valence-electron chi connectivity index (χ0n) is 18.7. The monoisotopic (exact) mass is 498 g/mol. The Bertz CT molecular complexity index is 1310. The molecule has 3 rings (SSSR count). The number of anilines is 1. The lowest BCUT2D eigenvalue weighted by molar-refractivity contribution is -0.254. The molecule has 11 heteroatoms. The first-order valence-corrected chi connectivity index (χ1v) is 10.4. The van der Waals surface area contributed by atoms with Crippen LogP contribution >= 0.6 is 11.6 Å². The third-order valence-electron chi connectivity index (χ3n) is 5.61. The molecular formula is C23H22ClF3N2O5. The molecule has 0 aliphatic rings. The molecule has 0 saturated heterocycles. The van der Waals surface area contributed by atoms with Crippen molar-refractivity contribution in [2.24, 2.45) is 0 Å². The molecule has 0 fully saturated rings. The summed E-state index contributed by atoms with van der Waals surface area (Å²) in [5.74, 6) is -1.43. The Hall–Kier alpha value is -3.11. The number of fused-ring (bicyclic) bond motifs is 1. The minimum Gasteiger partial charge on any atom is -0.495 e. The van der Waals surface area contributed by atoms with Crippen LogP contribution in [-0.4, -0.2) is 35.1 Å². The lowest BCUT2D eigenvalue weighted by Crippen LogP contribution is -2.57. The molecule has 1 unspecified atom stereocenters. The van der Waals surface area contributed by atoms with Gasteiger partial charge in [0.1, 0.15) is 5.75 Å². The highest BCUT2D eigenvalue weighted by Gasteiger charge is 2.61. The molecule has 0 spiro atoms. The third-order valence-corrected chi connectivity index (χ3v) is 6.00. The Morgan fingerprint density at radius 2 is 1.88 bits per heavy atom. The molecule has 1 aromatic heterocycles. The van der Waals surface area contributed by atoms with Gasteiger partial charge in [0.05, 0.1) is 23.2 Å². The average molecular weight is 499 g/mol. The Morgan fingerprint density at radius 3 is 2.50 bits per heavy atom. The maximum Gasteiger partial charge on any atom is 0.426 e. The first kappa shape index (κ1) is 25.5. The summed E-state index contributed by atoms with van der Waals surface area (Å²) in [7, 11) is 1.36. The molecule has 0 radical (unpaired) electrons. The molecule has 1 amide bonds. The van der Waals surface area contributed by atoms with Crippen LogP contribution in [0, 0.1) is 6.92 Å². The number of halogens is 4. The van der Waals surface area contributed by atoms with Crippen molar-refractivity contribution < 1.29 is 32.3 Å². The van der Waals surface area contributed by atoms with Crippen molar-refractivity contribution in [3.05, 3.63) is 63.1 Å². The van der Waals surface area contributed by atoms with Crippen molar-refractivity contribution in [3.63, 3.8) is 0 Å². The van der Waals surface area contributed by atoms with E-state index in [1.54, 1.807) is 12.1 Å². The number of aliphatic hydroxyl groups is 1. The van der Waals surface area contributed by atoms with Gasteiger partial charge in [0.2, 0.25) is 5.60 Å². The van der Waals surface area contributed by atoms with Crippen LogP contribution in [0.1, 0.15) is 31.5 Å². The smallest absolute Gasteiger partial charge is 0.426 e. The summed E-state index contributed by atoms with van der Waals surface area (Å²) in [4.78, 5) is 24.6. The summed E-state index contributed by atoms with van der Waals surface area (Å²) in [6.45, 7) is 4.40. The molecule has 3 aromatic rings. The zero-order valence-corrected chi connectivity index (χ0v) is 19.5. The van der Waals surface area contributed by atoms with Crippen LogP contribution in [0.25, 0.3) is 10.8 Å². The van der Waals surface area contributed by atoms with E-state index in [-0.39, 0.29) is 32.8 Å². The molecule has 0 aliphatic heterocycles. The van der Waals surface area contributed by atoms with E-state index >= 15 is 0 Å². The van der Waals surface area contributed by atoms with E-state index in [1.807, 2.05) is 0 Å². The Morgan fingerprint density at radius 1 is 1.21 bits per heavy atom. The van der Waals surface area contributed by atoms with Crippen LogP contribution in [0.3, 0.4) is 0 Å². The van der Waals surface area contributed by atoms with E-state index in [9.17, 15) is 27.9 Å². The summed E-state index contributed by atoms with van der Waals surface area (Å²) in [6.07, 6.45) is -6.34. The fraction of sp³-hybridized carbons (Fsp3) is 0.348. The van der Waals surface area contributed by atoms with Crippen LogP contribution in [0.2, 0.25) is 5.02 Å². The van der Waals surface area contributed by atoms with Crippen LogP contribution in [0.15, 0.2) is 45.7 Å². The lowest BCUT2D eigenvalue weighted by Gasteiger charge is -2.37. The van der Waals surface area contributed by atoms with Crippen molar-refractivity contribution in [2.75, 3.05) is 12.4 Å². The van der Waals surface area contributed by atoms with Gasteiger partial charge in [-0.25, -0.2) is 4.79 Å². The normalized spacial score (nSPS) is 14.0. The second kappa shape index (κ2) is 8.92. The van der Waals surface area contributed by atoms with E-state index in [0.717, 1.165) is 0 Å². The molecule has 34 heavy (non-hydrogen) atoms. The maximum atomic E-state index is 14.1. The van der Waals surface area contributed by atoms with Gasteiger partial charge in [-0.15, -0.1) is 0 Å². The summed E-state index contributed by atoms with van der Waals surface area (Å²) < 4.78 is 52.0. The van der Waals surface area contributed by atoms with Gasteiger partial charge in [-0.05, 0) is 42.2 Å². The van der Waals surface area contributed by atoms with E-state index < -0.39 is 35.1 Å². The Kier molecular flexibility index (Phi) is 6.69. The fourth-order valence-corrected chi connectivity index (χ4v) is 4.24. The molecular weight excluding hydrogens is 477 g/mol. The van der Waals surface area contributed by atoms with Gasteiger partial charge in [-0.1, -0.05) is 42.7 Å². The van der Waals surface area contributed by atoms with Crippen molar-refractivity contribution in [3.8, 4) is 5.75 Å². The Labute approximate surface area is 197 Å². The summed E-state index contributed by atoms with van der Waals surface area (Å²) in [5, 5.41) is 16.9. The number of methoxy groups -OCH3 is 1. The number of amides is 1. The van der Waals surface area contributed by atoms with Gasteiger partial charge in [0, 0.05) is 17.5 Å². The van der Waals surface area contributed by atoms with Crippen molar-refractivity contribution in [1.29, 1.82) is 0 Å². The number of hydrogen-bond donors (Lipinski definition) is 2. The van der Waals surface area contributed by atoms with Gasteiger partial charge in [0.15, 0.2) is 0 Å². The van der Waals surface area contributed by atoms with Crippen molar-refractivity contribution in [2.45, 2.75) is 44.4 Å². The molecule has 1 heterocycles. The topological polar surface area (TPSA) is 102 Å². The van der Waals surface area contributed by atoms with Crippen LogP contribution in [0.5, 0.6) is 5.75 Å². The maximum absolute atomic E-state index is 14.1. The molecule has 0 saturated carbocycles. The number of benzene rings is 2. The van der Waals surface area contributed by atoms with Crippen LogP contribution < -0.4 is 15.7 Å². The molecule has 0 bridgehead atoms. The summed E-state index contributed by atoms with van der Waals surface area (Å²) in [5.41, 5.74) is -5.39. The number of ether oxygens (including phenoxy) is 1. The highest BCUT2D eigenvalue weighted by molar-refractivity contribution is 6.33. The first-order chi connectivity index (χ1) is 15.7. The van der Waals surface area contributed by atoms with Gasteiger partial charge < -0.3 is 19.7 Å². The Balaban J connectivity index is 1.99. The standard InChI is InChI=1S/C23H22ClF3N2O5/c1-12-15-10-13(8-9-14(15)19(30)34-29-12)28-20(31)22(32,23(25,26)27)11-21(2,3)16-6-5-7-17(33-4)18(16)24/h5-10,32H,11H2,1-4H3,(H,28,31). The molecule has 2 N–H and O–H groups in total. The average Bonchev–Trinajstić information content (AvgIpc) is 2.75. The van der Waals surface area contributed by atoms with Gasteiger partial charge in [0.25, 0.3) is 5.91 Å². The fourth-order valence-electron chi connectivity index (χ4n) is 3.78. The van der Waals surface area contributed by atoms with Gasteiger partial charge in [-0.2, -0.15) is 13.2 Å². The molecule has 0 aliphatic carbocycles. The number of nitrogens with zero attached hydrogens (tertiary/aromatic N) is 1. The number of aromatic nitrogens is 1. The summed E-state index contributed by atoms with van der Waals surface area (Å²) in [6, 6.07) is 8.41. The lowest BCUT2D eigenvalue weighted by atomic mass is 9.74. The highest BCUT2D eigenvalue weighted by atomic mass is 35.5. The predicted octanol–water partition coefficient (Wildman–Crippen LogP) is 4.76. The van der Waals surface area contributed by atoms with Crippen LogP contribution in [0.4, 0.5) is 18.9 Å². The van der Waals surface area contributed by atoms with E-state index in [2.05, 4.69) is 15.0 Å². The molecule has 182 valence electrons. The number of rotatable bonds is 6. The quantitative estimate of drug-likeness (QED) is 0.508. The van der Waals surface area contributed by atoms with Gasteiger partial charge >= 0.3 is 11.8 Å². The molecule has 7 nitrogen and oxygen atoms in total. The molecule has 2 aromatic carbocycles. The van der Waals surface area contributed by atoms with Crippen LogP contribution in [-0.2, 0) is 10.2 Å².